The average molecular weight is 475 g/mol. The van der Waals surface area contributed by atoms with Crippen molar-refractivity contribution in [3.8, 4) is 0 Å². The van der Waals surface area contributed by atoms with Gasteiger partial charge in [-0.05, 0) is 37.6 Å². The number of sulfonamides is 1. The molecule has 0 saturated carbocycles. The van der Waals surface area contributed by atoms with E-state index >= 15 is 0 Å². The van der Waals surface area contributed by atoms with Gasteiger partial charge in [0.05, 0.1) is 16.5 Å². The van der Waals surface area contributed by atoms with Crippen LogP contribution in [0.2, 0.25) is 5.02 Å². The molecule has 3 rings (SSSR count). The number of benzene rings is 1. The van der Waals surface area contributed by atoms with E-state index in [1.165, 1.54) is 10.4 Å². The fraction of sp³-hybridized carbons (Fsp3) is 0.600. The van der Waals surface area contributed by atoms with Crippen LogP contribution in [0.5, 0.6) is 0 Å². The van der Waals surface area contributed by atoms with E-state index < -0.39 is 15.8 Å². The van der Waals surface area contributed by atoms with Crippen LogP contribution in [-0.4, -0.2) is 86.2 Å². The second kappa shape index (κ2) is 10.2. The first kappa shape index (κ1) is 23.9. The number of piperidine rings is 1. The molecule has 1 aromatic carbocycles. The van der Waals surface area contributed by atoms with Gasteiger partial charge in [0.2, 0.25) is 21.8 Å². The Morgan fingerprint density at radius 1 is 1.19 bits per heavy atom. The number of halogens is 2. The van der Waals surface area contributed by atoms with Gasteiger partial charge in [0.1, 0.15) is 5.82 Å². The van der Waals surface area contributed by atoms with Crippen LogP contribution >= 0.6 is 11.6 Å². The Morgan fingerprint density at radius 2 is 1.90 bits per heavy atom. The van der Waals surface area contributed by atoms with Gasteiger partial charge in [0.25, 0.3) is 0 Å². The van der Waals surface area contributed by atoms with E-state index in [0.29, 0.717) is 13.0 Å². The Hall–Kier alpha value is -1.75. The van der Waals surface area contributed by atoms with Gasteiger partial charge in [-0.2, -0.15) is 4.31 Å². The van der Waals surface area contributed by atoms with Crippen molar-refractivity contribution in [1.29, 1.82) is 0 Å². The monoisotopic (exact) mass is 474 g/mol. The number of amides is 2. The van der Waals surface area contributed by atoms with Gasteiger partial charge in [0, 0.05) is 45.2 Å². The third kappa shape index (κ3) is 5.94. The molecule has 1 aromatic rings. The SMILES string of the molecule is CCC(=O)NC1CCCN(CC(=O)N2CCN(S(=O)(=O)c3ccc(F)c(Cl)c3)CC2)C1. The standard InChI is InChI=1S/C20H28ClFN4O4S/c1-2-19(27)23-15-4-3-7-24(13-15)14-20(28)25-8-10-26(11-9-25)31(29,30)16-5-6-18(22)17(21)12-16/h5-6,12,15H,2-4,7-11,13-14H2,1H3,(H,23,27). The van der Waals surface area contributed by atoms with Crippen molar-refractivity contribution in [1.82, 2.24) is 19.4 Å². The molecule has 0 bridgehead atoms. The highest BCUT2D eigenvalue weighted by Gasteiger charge is 2.31. The van der Waals surface area contributed by atoms with Crippen LogP contribution in [-0.2, 0) is 19.6 Å². The number of rotatable bonds is 6. The van der Waals surface area contributed by atoms with Gasteiger partial charge in [0.15, 0.2) is 0 Å². The Balaban J connectivity index is 1.52. The first-order chi connectivity index (χ1) is 14.7. The number of carbonyl (C=O) groups excluding carboxylic acids is 2. The summed E-state index contributed by atoms with van der Waals surface area (Å²) in [5.74, 6) is -0.715. The fourth-order valence-electron chi connectivity index (χ4n) is 3.90. The second-order valence-electron chi connectivity index (χ2n) is 7.86. The zero-order valence-corrected chi connectivity index (χ0v) is 19.1. The largest absolute Gasteiger partial charge is 0.352 e. The average Bonchev–Trinajstić information content (AvgIpc) is 2.75. The summed E-state index contributed by atoms with van der Waals surface area (Å²) < 4.78 is 40.2. The van der Waals surface area contributed by atoms with Crippen LogP contribution in [0.25, 0.3) is 0 Å². The molecule has 2 fully saturated rings. The summed E-state index contributed by atoms with van der Waals surface area (Å²) in [5, 5.41) is 2.74. The topological polar surface area (TPSA) is 90.0 Å². The van der Waals surface area contributed by atoms with Gasteiger partial charge < -0.3 is 10.2 Å². The highest BCUT2D eigenvalue weighted by atomic mass is 35.5. The predicted molar refractivity (Wildman–Crippen MR) is 115 cm³/mol. The summed E-state index contributed by atoms with van der Waals surface area (Å²) >= 11 is 5.72. The van der Waals surface area contributed by atoms with Crippen LogP contribution in [0, 0.1) is 5.82 Å². The molecule has 11 heteroatoms. The van der Waals surface area contributed by atoms with Crippen LogP contribution in [0.4, 0.5) is 4.39 Å². The van der Waals surface area contributed by atoms with Crippen molar-refractivity contribution in [2.75, 3.05) is 45.8 Å². The Bertz CT molecular complexity index is 922. The summed E-state index contributed by atoms with van der Waals surface area (Å²) in [4.78, 5) is 28.0. The lowest BCUT2D eigenvalue weighted by Gasteiger charge is -2.37. The molecule has 0 spiro atoms. The van der Waals surface area contributed by atoms with Crippen molar-refractivity contribution in [3.63, 3.8) is 0 Å². The van der Waals surface area contributed by atoms with Gasteiger partial charge in [-0.25, -0.2) is 12.8 Å². The minimum absolute atomic E-state index is 0.0120. The van der Waals surface area contributed by atoms with E-state index in [1.54, 1.807) is 4.90 Å². The Morgan fingerprint density at radius 3 is 2.55 bits per heavy atom. The van der Waals surface area contributed by atoms with Crippen molar-refractivity contribution < 1.29 is 22.4 Å². The molecule has 1 unspecified atom stereocenters. The smallest absolute Gasteiger partial charge is 0.243 e. The van der Waals surface area contributed by atoms with Gasteiger partial charge >= 0.3 is 0 Å². The second-order valence-corrected chi connectivity index (χ2v) is 10.2. The first-order valence-electron chi connectivity index (χ1n) is 10.5. The van der Waals surface area contributed by atoms with Crippen molar-refractivity contribution in [2.24, 2.45) is 0 Å². The molecule has 0 aliphatic carbocycles. The summed E-state index contributed by atoms with van der Waals surface area (Å²) in [6, 6.07) is 3.38. The molecule has 8 nitrogen and oxygen atoms in total. The number of nitrogens with one attached hydrogen (secondary N) is 1. The van der Waals surface area contributed by atoms with Crippen molar-refractivity contribution >= 4 is 33.4 Å². The number of carbonyl (C=O) groups is 2. The molecule has 2 amide bonds. The van der Waals surface area contributed by atoms with Crippen LogP contribution in [0.1, 0.15) is 26.2 Å². The van der Waals surface area contributed by atoms with Crippen molar-refractivity contribution in [3.05, 3.63) is 29.0 Å². The zero-order chi connectivity index (χ0) is 22.6. The summed E-state index contributed by atoms with van der Waals surface area (Å²) in [6.45, 7) is 4.40. The van der Waals surface area contributed by atoms with Crippen LogP contribution < -0.4 is 5.32 Å². The lowest BCUT2D eigenvalue weighted by molar-refractivity contribution is -0.133. The molecular weight excluding hydrogens is 447 g/mol. The van der Waals surface area contributed by atoms with Gasteiger partial charge in [-0.15, -0.1) is 0 Å². The van der Waals surface area contributed by atoms with E-state index in [1.807, 2.05) is 11.8 Å². The van der Waals surface area contributed by atoms with E-state index in [4.69, 9.17) is 11.6 Å². The molecule has 2 saturated heterocycles. The van der Waals surface area contributed by atoms with Crippen LogP contribution in [0.3, 0.4) is 0 Å². The maximum Gasteiger partial charge on any atom is 0.243 e. The summed E-state index contributed by atoms with van der Waals surface area (Å²) in [7, 11) is -3.81. The molecule has 0 aromatic heterocycles. The predicted octanol–water partition coefficient (Wildman–Crippen LogP) is 1.30. The third-order valence-corrected chi connectivity index (χ3v) is 7.86. The minimum atomic E-state index is -3.81. The maximum atomic E-state index is 13.4. The van der Waals surface area contributed by atoms with E-state index in [2.05, 4.69) is 5.32 Å². The molecule has 31 heavy (non-hydrogen) atoms. The lowest BCUT2D eigenvalue weighted by Crippen LogP contribution is -2.54. The maximum absolute atomic E-state index is 13.4. The van der Waals surface area contributed by atoms with Crippen LogP contribution in [0.15, 0.2) is 23.1 Å². The third-order valence-electron chi connectivity index (χ3n) is 5.67. The van der Waals surface area contributed by atoms with E-state index in [0.717, 1.165) is 31.5 Å². The molecule has 1 N–H and O–H groups in total. The molecule has 2 heterocycles. The first-order valence-corrected chi connectivity index (χ1v) is 12.3. The lowest BCUT2D eigenvalue weighted by atomic mass is 10.1. The highest BCUT2D eigenvalue weighted by Crippen LogP contribution is 2.23. The Kier molecular flexibility index (Phi) is 7.90. The molecular formula is C20H28ClFN4O4S. The molecule has 1 atom stereocenters. The number of piperazine rings is 1. The summed E-state index contributed by atoms with van der Waals surface area (Å²) in [6.07, 6.45) is 2.25. The van der Waals surface area contributed by atoms with E-state index in [-0.39, 0.29) is 60.5 Å². The van der Waals surface area contributed by atoms with Crippen molar-refractivity contribution in [2.45, 2.75) is 37.1 Å². The van der Waals surface area contributed by atoms with Gasteiger partial charge in [-0.1, -0.05) is 18.5 Å². The number of nitrogens with zero attached hydrogens (tertiary/aromatic N) is 3. The normalized spacial score (nSPS) is 21.1. The summed E-state index contributed by atoms with van der Waals surface area (Å²) in [5.41, 5.74) is 0. The number of hydrogen-bond donors (Lipinski definition) is 1. The number of likely N-dealkylation sites (tertiary alicyclic amines) is 1. The fourth-order valence-corrected chi connectivity index (χ4v) is 5.60. The minimum Gasteiger partial charge on any atom is -0.352 e. The molecule has 2 aliphatic heterocycles. The van der Waals surface area contributed by atoms with Gasteiger partial charge in [-0.3, -0.25) is 14.5 Å². The molecule has 0 radical (unpaired) electrons. The quantitative estimate of drug-likeness (QED) is 0.671. The zero-order valence-electron chi connectivity index (χ0n) is 17.5. The number of hydrogen-bond acceptors (Lipinski definition) is 5. The molecule has 2 aliphatic rings. The molecule has 172 valence electrons. The Labute approximate surface area is 187 Å². The highest BCUT2D eigenvalue weighted by molar-refractivity contribution is 7.89. The van der Waals surface area contributed by atoms with E-state index in [9.17, 15) is 22.4 Å².